The van der Waals surface area contributed by atoms with Crippen molar-refractivity contribution in [3.05, 3.63) is 71.8 Å². The molecule has 0 radical (unpaired) electrons. The molecule has 31 heavy (non-hydrogen) atoms. The van der Waals surface area contributed by atoms with E-state index in [9.17, 15) is 4.79 Å². The van der Waals surface area contributed by atoms with Crippen LogP contribution in [-0.2, 0) is 17.9 Å². The van der Waals surface area contributed by atoms with E-state index in [0.29, 0.717) is 25.4 Å². The SMILES string of the molecule is CC(C)CC(=O)N(Cc1ccccc1)Cc1c(-c2ccccc2)noc1N1CCCC1. The highest BCUT2D eigenvalue weighted by Gasteiger charge is 2.27. The first-order chi connectivity index (χ1) is 15.1. The van der Waals surface area contributed by atoms with E-state index >= 15 is 0 Å². The normalized spacial score (nSPS) is 13.7. The van der Waals surface area contributed by atoms with Gasteiger partial charge >= 0.3 is 0 Å². The summed E-state index contributed by atoms with van der Waals surface area (Å²) in [6, 6.07) is 20.3. The smallest absolute Gasteiger partial charge is 0.232 e. The topological polar surface area (TPSA) is 49.6 Å². The molecule has 1 aliphatic heterocycles. The van der Waals surface area contributed by atoms with E-state index in [4.69, 9.17) is 4.52 Å². The van der Waals surface area contributed by atoms with Crippen LogP contribution in [0.15, 0.2) is 65.2 Å². The number of hydrogen-bond donors (Lipinski definition) is 0. The Balaban J connectivity index is 1.70. The Morgan fingerprint density at radius 2 is 1.65 bits per heavy atom. The molecule has 2 heterocycles. The molecule has 0 bridgehead atoms. The second kappa shape index (κ2) is 9.82. The van der Waals surface area contributed by atoms with Gasteiger partial charge in [0.05, 0.1) is 12.1 Å². The van der Waals surface area contributed by atoms with E-state index in [0.717, 1.165) is 54.2 Å². The fourth-order valence-corrected chi connectivity index (χ4v) is 4.14. The van der Waals surface area contributed by atoms with Gasteiger partial charge in [0.15, 0.2) is 0 Å². The van der Waals surface area contributed by atoms with Crippen LogP contribution in [0, 0.1) is 5.92 Å². The summed E-state index contributed by atoms with van der Waals surface area (Å²) in [5.41, 5.74) is 3.97. The van der Waals surface area contributed by atoms with Gasteiger partial charge in [-0.3, -0.25) is 4.79 Å². The summed E-state index contributed by atoms with van der Waals surface area (Å²) >= 11 is 0. The molecule has 0 spiro atoms. The molecule has 2 aromatic carbocycles. The Kier molecular flexibility index (Phi) is 6.70. The van der Waals surface area contributed by atoms with Crippen LogP contribution in [0.25, 0.3) is 11.3 Å². The Hall–Kier alpha value is -3.08. The first-order valence-corrected chi connectivity index (χ1v) is 11.2. The first kappa shape index (κ1) is 21.2. The molecule has 4 rings (SSSR count). The zero-order valence-corrected chi connectivity index (χ0v) is 18.5. The van der Waals surface area contributed by atoms with E-state index in [-0.39, 0.29) is 5.91 Å². The average molecular weight is 418 g/mol. The summed E-state index contributed by atoms with van der Waals surface area (Å²) in [7, 11) is 0. The predicted octanol–water partition coefficient (Wildman–Crippen LogP) is 5.52. The van der Waals surface area contributed by atoms with Crippen LogP contribution in [-0.4, -0.2) is 29.1 Å². The second-order valence-electron chi connectivity index (χ2n) is 8.71. The van der Waals surface area contributed by atoms with Gasteiger partial charge in [0, 0.05) is 31.6 Å². The van der Waals surface area contributed by atoms with Crippen molar-refractivity contribution in [2.45, 2.75) is 46.2 Å². The molecule has 1 fully saturated rings. The maximum absolute atomic E-state index is 13.2. The number of benzene rings is 2. The maximum atomic E-state index is 13.2. The fourth-order valence-electron chi connectivity index (χ4n) is 4.14. The van der Waals surface area contributed by atoms with Crippen LogP contribution in [0.2, 0.25) is 0 Å². The van der Waals surface area contributed by atoms with Crippen LogP contribution in [0.4, 0.5) is 5.88 Å². The highest BCUT2D eigenvalue weighted by molar-refractivity contribution is 5.77. The molecule has 1 saturated heterocycles. The summed E-state index contributed by atoms with van der Waals surface area (Å²) in [5, 5.41) is 4.46. The number of carbonyl (C=O) groups excluding carboxylic acids is 1. The number of rotatable bonds is 8. The predicted molar refractivity (Wildman–Crippen MR) is 124 cm³/mol. The molecule has 1 amide bonds. The average Bonchev–Trinajstić information content (AvgIpc) is 3.44. The fraction of sp³-hybridized carbons (Fsp3) is 0.385. The van der Waals surface area contributed by atoms with E-state index in [1.54, 1.807) is 0 Å². The number of aromatic nitrogens is 1. The molecule has 5 nitrogen and oxygen atoms in total. The summed E-state index contributed by atoms with van der Waals surface area (Å²) < 4.78 is 5.88. The number of anilines is 1. The van der Waals surface area contributed by atoms with Crippen LogP contribution in [0.3, 0.4) is 0 Å². The minimum absolute atomic E-state index is 0.159. The lowest BCUT2D eigenvalue weighted by Crippen LogP contribution is -2.31. The summed E-state index contributed by atoms with van der Waals surface area (Å²) in [6.45, 7) is 7.17. The van der Waals surface area contributed by atoms with Crippen molar-refractivity contribution in [2.24, 2.45) is 5.92 Å². The van der Waals surface area contributed by atoms with Gasteiger partial charge in [-0.2, -0.15) is 0 Å². The molecule has 0 saturated carbocycles. The number of hydrogen-bond acceptors (Lipinski definition) is 4. The van der Waals surface area contributed by atoms with E-state index < -0.39 is 0 Å². The lowest BCUT2D eigenvalue weighted by Gasteiger charge is -2.25. The second-order valence-corrected chi connectivity index (χ2v) is 8.71. The molecule has 1 aromatic heterocycles. The molecular formula is C26H31N3O2. The van der Waals surface area contributed by atoms with E-state index in [2.05, 4.69) is 36.0 Å². The minimum Gasteiger partial charge on any atom is -0.340 e. The van der Waals surface area contributed by atoms with Crippen molar-refractivity contribution in [1.82, 2.24) is 10.1 Å². The third kappa shape index (κ3) is 5.16. The quantitative estimate of drug-likeness (QED) is 0.484. The Bertz CT molecular complexity index is 976. The third-order valence-corrected chi connectivity index (χ3v) is 5.71. The zero-order chi connectivity index (χ0) is 21.6. The molecule has 0 unspecified atom stereocenters. The maximum Gasteiger partial charge on any atom is 0.232 e. The molecule has 3 aromatic rings. The van der Waals surface area contributed by atoms with Gasteiger partial charge in [0.1, 0.15) is 5.69 Å². The van der Waals surface area contributed by atoms with Gasteiger partial charge in [-0.15, -0.1) is 0 Å². The minimum atomic E-state index is 0.159. The van der Waals surface area contributed by atoms with Crippen molar-refractivity contribution in [2.75, 3.05) is 18.0 Å². The molecule has 0 N–H and O–H groups in total. The lowest BCUT2D eigenvalue weighted by molar-refractivity contribution is -0.133. The highest BCUT2D eigenvalue weighted by atomic mass is 16.5. The van der Waals surface area contributed by atoms with Crippen molar-refractivity contribution in [1.29, 1.82) is 0 Å². The van der Waals surface area contributed by atoms with Crippen molar-refractivity contribution < 1.29 is 9.32 Å². The van der Waals surface area contributed by atoms with Gasteiger partial charge < -0.3 is 14.3 Å². The molecule has 1 aliphatic rings. The number of nitrogens with zero attached hydrogens (tertiary/aromatic N) is 3. The van der Waals surface area contributed by atoms with Crippen LogP contribution in [0.5, 0.6) is 0 Å². The van der Waals surface area contributed by atoms with E-state index in [1.807, 2.05) is 53.4 Å². The standard InChI is InChI=1S/C26H31N3O2/c1-20(2)17-24(30)29(18-21-11-5-3-6-12-21)19-23-25(22-13-7-4-8-14-22)27-31-26(23)28-15-9-10-16-28/h3-8,11-14,20H,9-10,15-19H2,1-2H3. The lowest BCUT2D eigenvalue weighted by atomic mass is 10.0. The largest absolute Gasteiger partial charge is 0.340 e. The van der Waals surface area contributed by atoms with Gasteiger partial charge in [-0.1, -0.05) is 79.7 Å². The number of carbonyl (C=O) groups is 1. The van der Waals surface area contributed by atoms with Crippen molar-refractivity contribution in [3.63, 3.8) is 0 Å². The highest BCUT2D eigenvalue weighted by Crippen LogP contribution is 2.34. The van der Waals surface area contributed by atoms with Crippen molar-refractivity contribution in [3.8, 4) is 11.3 Å². The zero-order valence-electron chi connectivity index (χ0n) is 18.5. The molecule has 0 atom stereocenters. The molecule has 162 valence electrons. The summed E-state index contributed by atoms with van der Waals surface area (Å²) in [5.74, 6) is 1.28. The van der Waals surface area contributed by atoms with Crippen molar-refractivity contribution >= 4 is 11.8 Å². The Labute approximate surface area is 184 Å². The summed E-state index contributed by atoms with van der Waals surface area (Å²) in [6.07, 6.45) is 2.83. The molecule has 5 heteroatoms. The van der Waals surface area contributed by atoms with Gasteiger partial charge in [0.25, 0.3) is 0 Å². The molecular weight excluding hydrogens is 386 g/mol. The van der Waals surface area contributed by atoms with Crippen LogP contribution < -0.4 is 4.90 Å². The Morgan fingerprint density at radius 3 is 2.29 bits per heavy atom. The summed E-state index contributed by atoms with van der Waals surface area (Å²) in [4.78, 5) is 17.4. The number of amides is 1. The van der Waals surface area contributed by atoms with Gasteiger partial charge in [-0.05, 0) is 24.3 Å². The van der Waals surface area contributed by atoms with Gasteiger partial charge in [0.2, 0.25) is 11.8 Å². The Morgan fingerprint density at radius 1 is 1.00 bits per heavy atom. The molecule has 0 aliphatic carbocycles. The van der Waals surface area contributed by atoms with Crippen LogP contribution in [0.1, 0.15) is 44.2 Å². The van der Waals surface area contributed by atoms with E-state index in [1.165, 1.54) is 0 Å². The van der Waals surface area contributed by atoms with Crippen LogP contribution >= 0.6 is 0 Å². The monoisotopic (exact) mass is 417 g/mol. The van der Waals surface area contributed by atoms with Gasteiger partial charge in [-0.25, -0.2) is 0 Å². The first-order valence-electron chi connectivity index (χ1n) is 11.2. The third-order valence-electron chi connectivity index (χ3n) is 5.71.